The van der Waals surface area contributed by atoms with E-state index in [9.17, 15) is 4.79 Å². The maximum absolute atomic E-state index is 12.7. The summed E-state index contributed by atoms with van der Waals surface area (Å²) in [7, 11) is 0. The normalized spacial score (nSPS) is 13.8. The number of rotatable bonds is 3. The van der Waals surface area contributed by atoms with Crippen molar-refractivity contribution in [3.63, 3.8) is 0 Å². The maximum Gasteiger partial charge on any atom is 0.289 e. The minimum atomic E-state index is -0.0748. The summed E-state index contributed by atoms with van der Waals surface area (Å²) < 4.78 is 7.38. The molecule has 4 rings (SSSR count). The molecule has 3 heterocycles. The molecule has 3 aromatic rings. The summed E-state index contributed by atoms with van der Waals surface area (Å²) in [5.74, 6) is 0.965. The summed E-state index contributed by atoms with van der Waals surface area (Å²) in [6.07, 6.45) is 4.16. The minimum Gasteiger partial charge on any atom is -0.454 e. The van der Waals surface area contributed by atoms with Crippen LogP contribution in [0, 0.1) is 0 Å². The van der Waals surface area contributed by atoms with Gasteiger partial charge in [0.05, 0.1) is 17.8 Å². The average Bonchev–Trinajstić information content (AvgIpc) is 3.23. The van der Waals surface area contributed by atoms with E-state index in [-0.39, 0.29) is 5.91 Å². The van der Waals surface area contributed by atoms with Gasteiger partial charge in [-0.3, -0.25) is 9.48 Å². The molecule has 0 unspecified atom stereocenters. The van der Waals surface area contributed by atoms with Crippen LogP contribution in [0.5, 0.6) is 0 Å². The summed E-state index contributed by atoms with van der Waals surface area (Å²) in [5, 5.41) is 4.68. The fourth-order valence-corrected chi connectivity index (χ4v) is 3.14. The molecule has 1 aromatic carbocycles. The summed E-state index contributed by atoms with van der Waals surface area (Å²) in [4.78, 5) is 14.5. The summed E-state index contributed by atoms with van der Waals surface area (Å²) >= 11 is 5.85. The molecular weight excluding hydrogens is 326 g/mol. The van der Waals surface area contributed by atoms with Crippen LogP contribution in [0.1, 0.15) is 27.4 Å². The van der Waals surface area contributed by atoms with Gasteiger partial charge in [0.25, 0.3) is 5.91 Å². The van der Waals surface area contributed by atoms with Gasteiger partial charge in [-0.15, -0.1) is 0 Å². The number of carbonyl (C=O) groups excluding carboxylic acids is 1. The summed E-state index contributed by atoms with van der Waals surface area (Å²) in [5.41, 5.74) is 2.52. The fourth-order valence-electron chi connectivity index (χ4n) is 2.99. The van der Waals surface area contributed by atoms with Crippen LogP contribution < -0.4 is 0 Å². The van der Waals surface area contributed by atoms with Gasteiger partial charge in [0.1, 0.15) is 5.76 Å². The lowest BCUT2D eigenvalue weighted by Gasteiger charge is -2.28. The number of halogens is 1. The van der Waals surface area contributed by atoms with Gasteiger partial charge >= 0.3 is 0 Å². The second kappa shape index (κ2) is 6.17. The van der Waals surface area contributed by atoms with Crippen molar-refractivity contribution in [3.05, 3.63) is 76.5 Å². The highest BCUT2D eigenvalue weighted by atomic mass is 35.5. The van der Waals surface area contributed by atoms with Gasteiger partial charge in [0, 0.05) is 19.3 Å². The summed E-state index contributed by atoms with van der Waals surface area (Å²) in [6.45, 7) is 1.78. The fraction of sp³-hybridized carbons (Fsp3) is 0.222. The van der Waals surface area contributed by atoms with E-state index in [1.54, 1.807) is 29.2 Å². The van der Waals surface area contributed by atoms with Crippen LogP contribution in [0.25, 0.3) is 0 Å². The number of nitrogens with zero attached hydrogens (tertiary/aromatic N) is 3. The van der Waals surface area contributed by atoms with E-state index in [4.69, 9.17) is 16.0 Å². The second-order valence-corrected chi connectivity index (χ2v) is 6.30. The molecule has 0 aliphatic carbocycles. The first-order valence-electron chi connectivity index (χ1n) is 7.82. The lowest BCUT2D eigenvalue weighted by atomic mass is 10.00. The molecule has 1 aliphatic heterocycles. The van der Waals surface area contributed by atoms with Crippen molar-refractivity contribution in [3.8, 4) is 0 Å². The first kappa shape index (κ1) is 15.0. The van der Waals surface area contributed by atoms with Gasteiger partial charge in [0.2, 0.25) is 0 Å². The Morgan fingerprint density at radius 1 is 1.21 bits per heavy atom. The van der Waals surface area contributed by atoms with Gasteiger partial charge in [-0.2, -0.15) is 5.10 Å². The van der Waals surface area contributed by atoms with Gasteiger partial charge in [-0.25, -0.2) is 0 Å². The number of fused-ring (bicyclic) bond motifs is 1. The molecule has 0 fully saturated rings. The monoisotopic (exact) mass is 341 g/mol. The zero-order chi connectivity index (χ0) is 16.5. The number of furan rings is 1. The van der Waals surface area contributed by atoms with Crippen molar-refractivity contribution >= 4 is 17.5 Å². The number of hydrogen-bond acceptors (Lipinski definition) is 3. The van der Waals surface area contributed by atoms with Crippen molar-refractivity contribution in [1.29, 1.82) is 0 Å². The Morgan fingerprint density at radius 3 is 2.83 bits per heavy atom. The zero-order valence-electron chi connectivity index (χ0n) is 13.0. The number of benzene rings is 1. The van der Waals surface area contributed by atoms with Crippen molar-refractivity contribution in [2.45, 2.75) is 19.5 Å². The van der Waals surface area contributed by atoms with Crippen LogP contribution in [0.4, 0.5) is 0 Å². The van der Waals surface area contributed by atoms with Gasteiger partial charge in [0.15, 0.2) is 5.76 Å². The standard InChI is InChI=1S/C18H16ClN3O2/c19-15-9-20-22(11-15)12-16-5-6-17(24-16)18(23)21-8-7-13-3-1-2-4-14(13)10-21/h1-6,9,11H,7-8,10,12H2. The number of aromatic nitrogens is 2. The minimum absolute atomic E-state index is 0.0748. The SMILES string of the molecule is O=C(c1ccc(Cn2cc(Cl)cn2)o1)N1CCc2ccccc2C1. The van der Waals surface area contributed by atoms with Crippen LogP contribution in [0.3, 0.4) is 0 Å². The lowest BCUT2D eigenvalue weighted by molar-refractivity contribution is 0.0700. The third kappa shape index (κ3) is 2.95. The predicted molar refractivity (Wildman–Crippen MR) is 89.9 cm³/mol. The number of hydrogen-bond donors (Lipinski definition) is 0. The predicted octanol–water partition coefficient (Wildman–Crippen LogP) is 3.38. The summed E-state index contributed by atoms with van der Waals surface area (Å²) in [6, 6.07) is 11.8. The Bertz CT molecular complexity index is 884. The highest BCUT2D eigenvalue weighted by Crippen LogP contribution is 2.21. The van der Waals surface area contributed by atoms with Crippen molar-refractivity contribution < 1.29 is 9.21 Å². The zero-order valence-corrected chi connectivity index (χ0v) is 13.7. The molecule has 2 aromatic heterocycles. The lowest BCUT2D eigenvalue weighted by Crippen LogP contribution is -2.35. The molecule has 0 spiro atoms. The Hall–Kier alpha value is -2.53. The Labute approximate surface area is 144 Å². The molecule has 0 N–H and O–H groups in total. The highest BCUT2D eigenvalue weighted by Gasteiger charge is 2.23. The van der Waals surface area contributed by atoms with Crippen molar-refractivity contribution in [1.82, 2.24) is 14.7 Å². The molecule has 6 heteroatoms. The third-order valence-electron chi connectivity index (χ3n) is 4.21. The molecule has 5 nitrogen and oxygen atoms in total. The molecule has 1 amide bonds. The van der Waals surface area contributed by atoms with Crippen LogP contribution in [0.15, 0.2) is 53.2 Å². The van der Waals surface area contributed by atoms with E-state index in [1.165, 1.54) is 11.1 Å². The molecular formula is C18H16ClN3O2. The Kier molecular flexibility index (Phi) is 3.86. The highest BCUT2D eigenvalue weighted by molar-refractivity contribution is 6.30. The van der Waals surface area contributed by atoms with Crippen LogP contribution in [-0.2, 0) is 19.5 Å². The molecule has 1 aliphatic rings. The molecule has 0 bridgehead atoms. The van der Waals surface area contributed by atoms with Crippen LogP contribution in [0.2, 0.25) is 5.02 Å². The molecule has 0 saturated heterocycles. The quantitative estimate of drug-likeness (QED) is 0.734. The van der Waals surface area contributed by atoms with Gasteiger partial charge in [-0.1, -0.05) is 35.9 Å². The number of amides is 1. The maximum atomic E-state index is 12.7. The molecule has 122 valence electrons. The van der Waals surface area contributed by atoms with Crippen molar-refractivity contribution in [2.24, 2.45) is 0 Å². The van der Waals surface area contributed by atoms with E-state index in [0.29, 0.717) is 36.2 Å². The van der Waals surface area contributed by atoms with E-state index in [0.717, 1.165) is 6.42 Å². The number of carbonyl (C=O) groups is 1. The second-order valence-electron chi connectivity index (χ2n) is 5.87. The van der Waals surface area contributed by atoms with E-state index in [1.807, 2.05) is 17.0 Å². The largest absolute Gasteiger partial charge is 0.454 e. The van der Waals surface area contributed by atoms with E-state index >= 15 is 0 Å². The molecule has 0 radical (unpaired) electrons. The Morgan fingerprint density at radius 2 is 2.04 bits per heavy atom. The average molecular weight is 342 g/mol. The first-order chi connectivity index (χ1) is 11.7. The third-order valence-corrected chi connectivity index (χ3v) is 4.41. The van der Waals surface area contributed by atoms with E-state index in [2.05, 4.69) is 17.2 Å². The smallest absolute Gasteiger partial charge is 0.289 e. The van der Waals surface area contributed by atoms with E-state index < -0.39 is 0 Å². The molecule has 0 saturated carbocycles. The van der Waals surface area contributed by atoms with Crippen LogP contribution >= 0.6 is 11.6 Å². The first-order valence-corrected chi connectivity index (χ1v) is 8.19. The topological polar surface area (TPSA) is 51.3 Å². The van der Waals surface area contributed by atoms with Crippen LogP contribution in [-0.4, -0.2) is 27.1 Å². The molecule has 24 heavy (non-hydrogen) atoms. The van der Waals surface area contributed by atoms with Gasteiger partial charge in [-0.05, 0) is 29.7 Å². The Balaban J connectivity index is 1.47. The van der Waals surface area contributed by atoms with Crippen molar-refractivity contribution in [2.75, 3.05) is 6.54 Å². The van der Waals surface area contributed by atoms with Gasteiger partial charge < -0.3 is 9.32 Å². The molecule has 0 atom stereocenters.